The van der Waals surface area contributed by atoms with Crippen LogP contribution < -0.4 is 20.1 Å². The molecule has 0 aliphatic rings. The molecule has 0 heterocycles. The highest BCUT2D eigenvalue weighted by Gasteiger charge is 2.21. The van der Waals surface area contributed by atoms with Crippen LogP contribution in [-0.4, -0.2) is 20.1 Å². The van der Waals surface area contributed by atoms with Gasteiger partial charge in [0.2, 0.25) is 5.91 Å². The van der Waals surface area contributed by atoms with E-state index in [1.54, 1.807) is 14.2 Å². The highest BCUT2D eigenvalue weighted by atomic mass is 16.5. The fourth-order valence-electron chi connectivity index (χ4n) is 2.01. The van der Waals surface area contributed by atoms with Gasteiger partial charge in [-0.1, -0.05) is 20.8 Å². The maximum atomic E-state index is 12.0. The van der Waals surface area contributed by atoms with Crippen molar-refractivity contribution in [2.75, 3.05) is 24.9 Å². The van der Waals surface area contributed by atoms with Crippen LogP contribution in [0, 0.1) is 5.41 Å². The van der Waals surface area contributed by atoms with Crippen LogP contribution in [0.15, 0.2) is 42.5 Å². The molecule has 0 fully saturated rings. The number of ether oxygens (including phenoxy) is 2. The molecule has 24 heavy (non-hydrogen) atoms. The lowest BCUT2D eigenvalue weighted by molar-refractivity contribution is -0.123. The SMILES string of the molecule is COc1ccc(Nc2ccc(NC(=O)C(C)(C)C)cc2)c(OC)c1. The van der Waals surface area contributed by atoms with Gasteiger partial charge in [-0.3, -0.25) is 4.79 Å². The summed E-state index contributed by atoms with van der Waals surface area (Å²) in [5.74, 6) is 1.41. The van der Waals surface area contributed by atoms with Gasteiger partial charge in [0.25, 0.3) is 0 Å². The zero-order valence-electron chi connectivity index (χ0n) is 14.8. The molecule has 5 heteroatoms. The summed E-state index contributed by atoms with van der Waals surface area (Å²) in [6.45, 7) is 5.65. The van der Waals surface area contributed by atoms with Crippen LogP contribution in [0.1, 0.15) is 20.8 Å². The third-order valence-electron chi connectivity index (χ3n) is 3.51. The molecule has 2 rings (SSSR count). The fraction of sp³-hybridized carbons (Fsp3) is 0.316. The molecule has 0 atom stereocenters. The third kappa shape index (κ3) is 4.41. The maximum absolute atomic E-state index is 12.0. The van der Waals surface area contributed by atoms with Crippen LogP contribution >= 0.6 is 0 Å². The predicted octanol–water partition coefficient (Wildman–Crippen LogP) is 4.43. The van der Waals surface area contributed by atoms with Crippen molar-refractivity contribution in [3.8, 4) is 11.5 Å². The number of anilines is 3. The quantitative estimate of drug-likeness (QED) is 0.852. The number of hydrogen-bond donors (Lipinski definition) is 2. The average Bonchev–Trinajstić information content (AvgIpc) is 2.56. The van der Waals surface area contributed by atoms with E-state index in [0.717, 1.165) is 22.8 Å². The van der Waals surface area contributed by atoms with Gasteiger partial charge in [0.05, 0.1) is 19.9 Å². The molecule has 5 nitrogen and oxygen atoms in total. The molecule has 0 radical (unpaired) electrons. The maximum Gasteiger partial charge on any atom is 0.229 e. The Labute approximate surface area is 143 Å². The molecule has 0 saturated carbocycles. The van der Waals surface area contributed by atoms with Crippen molar-refractivity contribution in [1.29, 1.82) is 0 Å². The Balaban J connectivity index is 2.11. The second-order valence-corrected chi connectivity index (χ2v) is 6.47. The molecule has 0 spiro atoms. The van der Waals surface area contributed by atoms with Crippen LogP contribution in [-0.2, 0) is 4.79 Å². The zero-order valence-corrected chi connectivity index (χ0v) is 14.8. The number of amides is 1. The molecular formula is C19H24N2O3. The van der Waals surface area contributed by atoms with E-state index in [9.17, 15) is 4.79 Å². The second kappa shape index (κ2) is 7.25. The summed E-state index contributed by atoms with van der Waals surface area (Å²) in [6, 6.07) is 13.1. The molecule has 0 aliphatic carbocycles. The minimum Gasteiger partial charge on any atom is -0.497 e. The molecule has 2 N–H and O–H groups in total. The van der Waals surface area contributed by atoms with Crippen molar-refractivity contribution in [3.63, 3.8) is 0 Å². The van der Waals surface area contributed by atoms with Gasteiger partial charge in [0.1, 0.15) is 11.5 Å². The highest BCUT2D eigenvalue weighted by Crippen LogP contribution is 2.31. The van der Waals surface area contributed by atoms with E-state index in [1.165, 1.54) is 0 Å². The predicted molar refractivity (Wildman–Crippen MR) is 97.4 cm³/mol. The molecule has 1 amide bonds. The number of benzene rings is 2. The topological polar surface area (TPSA) is 59.6 Å². The van der Waals surface area contributed by atoms with E-state index >= 15 is 0 Å². The van der Waals surface area contributed by atoms with Crippen molar-refractivity contribution < 1.29 is 14.3 Å². The van der Waals surface area contributed by atoms with Gasteiger partial charge in [0, 0.05) is 22.9 Å². The first-order valence-electron chi connectivity index (χ1n) is 7.74. The summed E-state index contributed by atoms with van der Waals surface area (Å²) >= 11 is 0. The summed E-state index contributed by atoms with van der Waals surface area (Å²) in [6.07, 6.45) is 0. The van der Waals surface area contributed by atoms with Crippen LogP contribution in [0.5, 0.6) is 11.5 Å². The van der Waals surface area contributed by atoms with Crippen molar-refractivity contribution in [1.82, 2.24) is 0 Å². The van der Waals surface area contributed by atoms with Crippen LogP contribution in [0.25, 0.3) is 0 Å². The largest absolute Gasteiger partial charge is 0.497 e. The fourth-order valence-corrected chi connectivity index (χ4v) is 2.01. The van der Waals surface area contributed by atoms with Gasteiger partial charge in [0.15, 0.2) is 0 Å². The van der Waals surface area contributed by atoms with E-state index in [2.05, 4.69) is 10.6 Å². The lowest BCUT2D eigenvalue weighted by atomic mass is 9.95. The average molecular weight is 328 g/mol. The summed E-state index contributed by atoms with van der Waals surface area (Å²) < 4.78 is 10.6. The van der Waals surface area contributed by atoms with E-state index < -0.39 is 5.41 Å². The Morgan fingerprint density at radius 1 is 0.917 bits per heavy atom. The van der Waals surface area contributed by atoms with Gasteiger partial charge in [-0.2, -0.15) is 0 Å². The lowest BCUT2D eigenvalue weighted by Gasteiger charge is -2.18. The monoisotopic (exact) mass is 328 g/mol. The molecule has 0 aliphatic heterocycles. The Kier molecular flexibility index (Phi) is 5.34. The first kappa shape index (κ1) is 17.7. The van der Waals surface area contributed by atoms with Crippen molar-refractivity contribution in [3.05, 3.63) is 42.5 Å². The minimum absolute atomic E-state index is 0.0139. The summed E-state index contributed by atoms with van der Waals surface area (Å²) in [5, 5.41) is 6.19. The van der Waals surface area contributed by atoms with Crippen LogP contribution in [0.4, 0.5) is 17.1 Å². The molecule has 0 unspecified atom stereocenters. The van der Waals surface area contributed by atoms with E-state index in [4.69, 9.17) is 9.47 Å². The van der Waals surface area contributed by atoms with Crippen molar-refractivity contribution in [2.45, 2.75) is 20.8 Å². The summed E-state index contributed by atoms with van der Waals surface area (Å²) in [5.41, 5.74) is 2.08. The Bertz CT molecular complexity index is 704. The van der Waals surface area contributed by atoms with Crippen LogP contribution in [0.2, 0.25) is 0 Å². The summed E-state index contributed by atoms with van der Waals surface area (Å²) in [7, 11) is 3.23. The van der Waals surface area contributed by atoms with Crippen LogP contribution in [0.3, 0.4) is 0 Å². The number of carbonyl (C=O) groups excluding carboxylic acids is 1. The van der Waals surface area contributed by atoms with Gasteiger partial charge in [-0.15, -0.1) is 0 Å². The number of carbonyl (C=O) groups is 1. The Morgan fingerprint density at radius 2 is 1.54 bits per heavy atom. The van der Waals surface area contributed by atoms with Gasteiger partial charge in [-0.25, -0.2) is 0 Å². The number of hydrogen-bond acceptors (Lipinski definition) is 4. The number of nitrogens with one attached hydrogen (secondary N) is 2. The molecular weight excluding hydrogens is 304 g/mol. The first-order valence-corrected chi connectivity index (χ1v) is 7.74. The lowest BCUT2D eigenvalue weighted by Crippen LogP contribution is -2.27. The van der Waals surface area contributed by atoms with Gasteiger partial charge < -0.3 is 20.1 Å². The summed E-state index contributed by atoms with van der Waals surface area (Å²) in [4.78, 5) is 12.0. The molecule has 2 aromatic carbocycles. The number of methoxy groups -OCH3 is 2. The molecule has 0 bridgehead atoms. The van der Waals surface area contributed by atoms with E-state index in [0.29, 0.717) is 5.75 Å². The van der Waals surface area contributed by atoms with Crippen molar-refractivity contribution >= 4 is 23.0 Å². The van der Waals surface area contributed by atoms with Crippen molar-refractivity contribution in [2.24, 2.45) is 5.41 Å². The molecule has 2 aromatic rings. The Morgan fingerprint density at radius 3 is 2.08 bits per heavy atom. The standard InChI is InChI=1S/C19H24N2O3/c1-19(2,3)18(22)21-14-8-6-13(7-9-14)20-16-11-10-15(23-4)12-17(16)24-5/h6-12,20H,1-5H3,(H,21,22). The van der Waals surface area contributed by atoms with Gasteiger partial charge in [-0.05, 0) is 36.4 Å². The molecule has 0 saturated heterocycles. The normalized spacial score (nSPS) is 10.9. The number of rotatable bonds is 5. The first-order chi connectivity index (χ1) is 11.3. The molecule has 0 aromatic heterocycles. The van der Waals surface area contributed by atoms with Gasteiger partial charge >= 0.3 is 0 Å². The minimum atomic E-state index is -0.423. The Hall–Kier alpha value is -2.69. The van der Waals surface area contributed by atoms with E-state index in [-0.39, 0.29) is 5.91 Å². The van der Waals surface area contributed by atoms with E-state index in [1.807, 2.05) is 63.2 Å². The third-order valence-corrected chi connectivity index (χ3v) is 3.51. The smallest absolute Gasteiger partial charge is 0.229 e. The second-order valence-electron chi connectivity index (χ2n) is 6.47. The molecule has 128 valence electrons. The zero-order chi connectivity index (χ0) is 17.7. The highest BCUT2D eigenvalue weighted by molar-refractivity contribution is 5.94.